The molecule has 3 aromatic rings. The van der Waals surface area contributed by atoms with E-state index in [9.17, 15) is 13.6 Å². The van der Waals surface area contributed by atoms with Crippen molar-refractivity contribution in [2.75, 3.05) is 5.32 Å². The first-order chi connectivity index (χ1) is 13.4. The second-order valence-corrected chi connectivity index (χ2v) is 6.30. The molecule has 2 aromatic carbocycles. The van der Waals surface area contributed by atoms with Gasteiger partial charge in [-0.25, -0.2) is 13.5 Å². The van der Waals surface area contributed by atoms with Crippen LogP contribution in [0, 0.1) is 18.6 Å². The van der Waals surface area contributed by atoms with Gasteiger partial charge in [0.1, 0.15) is 17.3 Å². The summed E-state index contributed by atoms with van der Waals surface area (Å²) in [6.07, 6.45) is 0.985. The van der Waals surface area contributed by atoms with Crippen molar-refractivity contribution in [3.63, 3.8) is 0 Å². The van der Waals surface area contributed by atoms with E-state index in [2.05, 4.69) is 15.8 Å². The molecule has 0 amide bonds. The number of nitrogens with one attached hydrogen (secondary N) is 2. The zero-order valence-corrected chi connectivity index (χ0v) is 15.9. The molecule has 1 heterocycles. The van der Waals surface area contributed by atoms with Gasteiger partial charge in [0.25, 0.3) is 5.56 Å². The van der Waals surface area contributed by atoms with E-state index >= 15 is 0 Å². The van der Waals surface area contributed by atoms with Gasteiger partial charge in [0.2, 0.25) is 0 Å². The molecule has 0 saturated carbocycles. The molecule has 2 N–H and O–H groups in total. The van der Waals surface area contributed by atoms with Crippen LogP contribution in [0.25, 0.3) is 5.69 Å². The maximum absolute atomic E-state index is 13.6. The number of para-hydroxylation sites is 1. The van der Waals surface area contributed by atoms with Gasteiger partial charge in [-0.15, -0.1) is 0 Å². The highest BCUT2D eigenvalue weighted by atomic mass is 32.1. The first kappa shape index (κ1) is 19.4. The third-order valence-electron chi connectivity index (χ3n) is 4.15. The average molecular weight is 401 g/mol. The molecule has 0 fully saturated rings. The van der Waals surface area contributed by atoms with Crippen LogP contribution in [0.3, 0.4) is 0 Å². The van der Waals surface area contributed by atoms with Crippen molar-refractivity contribution in [3.8, 4) is 5.69 Å². The zero-order valence-electron chi connectivity index (χ0n) is 15.1. The van der Waals surface area contributed by atoms with Gasteiger partial charge in [-0.05, 0) is 43.4 Å². The SMILES string of the molecule is Cc1c(NC(=S)N/N=C\c2c(F)cccc2F)c(=O)n(-c2ccccc2)n1C. The van der Waals surface area contributed by atoms with Crippen molar-refractivity contribution < 1.29 is 8.78 Å². The molecule has 0 spiro atoms. The number of rotatable bonds is 4. The minimum absolute atomic E-state index is 0.0130. The number of aromatic nitrogens is 2. The molecular weight excluding hydrogens is 384 g/mol. The van der Waals surface area contributed by atoms with Gasteiger partial charge < -0.3 is 5.32 Å². The van der Waals surface area contributed by atoms with Gasteiger partial charge >= 0.3 is 0 Å². The summed E-state index contributed by atoms with van der Waals surface area (Å²) in [5, 5.41) is 6.53. The number of thiocarbonyl (C=S) groups is 1. The van der Waals surface area contributed by atoms with E-state index in [1.54, 1.807) is 18.7 Å². The van der Waals surface area contributed by atoms with Gasteiger partial charge in [0.15, 0.2) is 5.11 Å². The molecule has 3 rings (SSSR count). The summed E-state index contributed by atoms with van der Waals surface area (Å²) in [4.78, 5) is 12.8. The lowest BCUT2D eigenvalue weighted by Crippen LogP contribution is -2.28. The average Bonchev–Trinajstić information content (AvgIpc) is 2.88. The predicted molar refractivity (Wildman–Crippen MR) is 109 cm³/mol. The largest absolute Gasteiger partial charge is 0.325 e. The minimum atomic E-state index is -0.742. The normalized spacial score (nSPS) is 11.0. The molecule has 144 valence electrons. The van der Waals surface area contributed by atoms with Crippen molar-refractivity contribution in [3.05, 3.63) is 81.8 Å². The molecule has 1 aromatic heterocycles. The van der Waals surface area contributed by atoms with Crippen molar-refractivity contribution in [1.29, 1.82) is 0 Å². The van der Waals surface area contributed by atoms with Crippen LogP contribution in [-0.2, 0) is 7.05 Å². The molecule has 9 heteroatoms. The number of halogens is 2. The Bertz CT molecular complexity index is 1090. The molecule has 0 bridgehead atoms. The molecule has 0 aliphatic rings. The number of anilines is 1. The Morgan fingerprint density at radius 2 is 1.75 bits per heavy atom. The third-order valence-corrected chi connectivity index (χ3v) is 4.35. The lowest BCUT2D eigenvalue weighted by atomic mass is 10.2. The van der Waals surface area contributed by atoms with Crippen LogP contribution in [0.1, 0.15) is 11.3 Å². The van der Waals surface area contributed by atoms with Crippen LogP contribution >= 0.6 is 12.2 Å². The summed E-state index contributed by atoms with van der Waals surface area (Å²) in [5.41, 5.74) is 3.51. The highest BCUT2D eigenvalue weighted by Gasteiger charge is 2.16. The van der Waals surface area contributed by atoms with Crippen LogP contribution in [-0.4, -0.2) is 20.7 Å². The molecule has 0 saturated heterocycles. The molecule has 0 aliphatic heterocycles. The summed E-state index contributed by atoms with van der Waals surface area (Å²) in [6.45, 7) is 1.77. The lowest BCUT2D eigenvalue weighted by Gasteiger charge is -2.07. The molecule has 0 radical (unpaired) electrons. The summed E-state index contributed by atoms with van der Waals surface area (Å²) in [7, 11) is 1.75. The van der Waals surface area contributed by atoms with Crippen LogP contribution in [0.5, 0.6) is 0 Å². The number of benzene rings is 2. The van der Waals surface area contributed by atoms with E-state index < -0.39 is 11.6 Å². The number of hydrogen-bond acceptors (Lipinski definition) is 3. The van der Waals surface area contributed by atoms with Crippen molar-refractivity contribution in [2.24, 2.45) is 12.1 Å². The fraction of sp³-hybridized carbons (Fsp3) is 0.105. The Hall–Kier alpha value is -3.33. The summed E-state index contributed by atoms with van der Waals surface area (Å²) in [6, 6.07) is 12.7. The van der Waals surface area contributed by atoms with E-state index in [0.717, 1.165) is 18.3 Å². The van der Waals surface area contributed by atoms with Crippen LogP contribution in [0.15, 0.2) is 58.4 Å². The van der Waals surface area contributed by atoms with Crippen molar-refractivity contribution >= 4 is 29.2 Å². The van der Waals surface area contributed by atoms with E-state index in [4.69, 9.17) is 12.2 Å². The van der Waals surface area contributed by atoms with Crippen LogP contribution in [0.2, 0.25) is 0 Å². The van der Waals surface area contributed by atoms with Gasteiger partial charge in [-0.2, -0.15) is 5.10 Å². The number of hydrazone groups is 1. The Balaban J connectivity index is 1.78. The molecule has 0 aliphatic carbocycles. The molecular formula is C19H17F2N5OS. The first-order valence-electron chi connectivity index (χ1n) is 8.28. The second-order valence-electron chi connectivity index (χ2n) is 5.90. The Morgan fingerprint density at radius 3 is 2.39 bits per heavy atom. The summed E-state index contributed by atoms with van der Waals surface area (Å²) < 4.78 is 30.4. The number of nitrogens with zero attached hydrogens (tertiary/aromatic N) is 3. The smallest absolute Gasteiger partial charge is 0.295 e. The molecule has 0 unspecified atom stereocenters. The molecule has 0 atom stereocenters. The first-order valence-corrected chi connectivity index (χ1v) is 8.69. The Morgan fingerprint density at radius 1 is 1.11 bits per heavy atom. The molecule has 28 heavy (non-hydrogen) atoms. The van der Waals surface area contributed by atoms with E-state index in [1.807, 2.05) is 30.3 Å². The van der Waals surface area contributed by atoms with E-state index in [0.29, 0.717) is 11.4 Å². The van der Waals surface area contributed by atoms with Crippen molar-refractivity contribution in [1.82, 2.24) is 14.8 Å². The maximum atomic E-state index is 13.6. The topological polar surface area (TPSA) is 63.4 Å². The van der Waals surface area contributed by atoms with Crippen LogP contribution < -0.4 is 16.3 Å². The lowest BCUT2D eigenvalue weighted by molar-refractivity contribution is 0.580. The zero-order chi connectivity index (χ0) is 20.3. The Kier molecular flexibility index (Phi) is 5.65. The van der Waals surface area contributed by atoms with E-state index in [1.165, 1.54) is 10.7 Å². The fourth-order valence-corrected chi connectivity index (χ4v) is 2.80. The molecule has 6 nitrogen and oxygen atoms in total. The highest BCUT2D eigenvalue weighted by Crippen LogP contribution is 2.14. The van der Waals surface area contributed by atoms with Gasteiger partial charge in [-0.3, -0.25) is 14.9 Å². The second kappa shape index (κ2) is 8.13. The Labute approximate surface area is 165 Å². The maximum Gasteiger partial charge on any atom is 0.295 e. The predicted octanol–water partition coefficient (Wildman–Crippen LogP) is 3.08. The monoisotopic (exact) mass is 401 g/mol. The van der Waals surface area contributed by atoms with Crippen LogP contribution in [0.4, 0.5) is 14.5 Å². The fourth-order valence-electron chi connectivity index (χ4n) is 2.64. The van der Waals surface area contributed by atoms with Gasteiger partial charge in [-0.1, -0.05) is 24.3 Å². The minimum Gasteiger partial charge on any atom is -0.325 e. The number of hydrogen-bond donors (Lipinski definition) is 2. The van der Waals surface area contributed by atoms with Gasteiger partial charge in [0, 0.05) is 7.05 Å². The summed E-state index contributed by atoms with van der Waals surface area (Å²) in [5.74, 6) is -1.48. The quantitative estimate of drug-likeness (QED) is 0.401. The summed E-state index contributed by atoms with van der Waals surface area (Å²) >= 11 is 5.12. The van der Waals surface area contributed by atoms with E-state index in [-0.39, 0.29) is 21.9 Å². The van der Waals surface area contributed by atoms with Gasteiger partial charge in [0.05, 0.1) is 23.2 Å². The standard InChI is InChI=1S/C19H17F2N5OS/c1-12-17(18(27)26(25(12)2)13-7-4-3-5-8-13)23-19(28)24-22-11-14-15(20)9-6-10-16(14)21/h3-11H,1-2H3,(H2,23,24,28)/b22-11-. The highest BCUT2D eigenvalue weighted by molar-refractivity contribution is 7.80. The van der Waals surface area contributed by atoms with Crippen molar-refractivity contribution in [2.45, 2.75) is 6.92 Å². The third kappa shape index (κ3) is 3.84.